The number of fused-ring (bicyclic) bond motifs is 1. The lowest BCUT2D eigenvalue weighted by atomic mass is 9.76. The van der Waals surface area contributed by atoms with Crippen molar-refractivity contribution in [1.82, 2.24) is 10.0 Å². The molecule has 0 spiro atoms. The third kappa shape index (κ3) is 6.82. The molecule has 0 aliphatic heterocycles. The number of benzene rings is 2. The maximum Gasteiger partial charge on any atom is 0.211 e. The summed E-state index contributed by atoms with van der Waals surface area (Å²) >= 11 is 0. The Kier molecular flexibility index (Phi) is 7.92. The van der Waals surface area contributed by atoms with Gasteiger partial charge in [0, 0.05) is 24.5 Å². The Morgan fingerprint density at radius 2 is 1.97 bits per heavy atom. The van der Waals surface area contributed by atoms with E-state index < -0.39 is 10.0 Å². The second kappa shape index (κ2) is 10.9. The number of aryl methyl sites for hydroxylation is 1. The summed E-state index contributed by atoms with van der Waals surface area (Å²) in [6, 6.07) is 17.1. The number of nitriles is 1. The molecule has 0 amide bonds. The van der Waals surface area contributed by atoms with E-state index in [9.17, 15) is 13.7 Å². The van der Waals surface area contributed by atoms with E-state index in [1.165, 1.54) is 11.1 Å². The number of nitrogens with one attached hydrogen (secondary N) is 2. The quantitative estimate of drug-likeness (QED) is 0.475. The fourth-order valence-electron chi connectivity index (χ4n) is 4.89. The fourth-order valence-corrected chi connectivity index (χ4v) is 6.35. The zero-order valence-corrected chi connectivity index (χ0v) is 20.9. The smallest absolute Gasteiger partial charge is 0.211 e. The zero-order valence-electron chi connectivity index (χ0n) is 20.1. The van der Waals surface area contributed by atoms with E-state index in [4.69, 9.17) is 4.74 Å². The Labute approximate surface area is 203 Å². The van der Waals surface area contributed by atoms with E-state index in [2.05, 4.69) is 48.2 Å². The standard InChI is InChI=1S/C27H35N3O3S/c1-19(2)30-27-11-9-23-8-10-24(33-13-12-29-34(31,32)18-20-6-7-20)16-25(23)26(27)15-21-4-3-5-22(14-21)17-28/h3-5,8,10,14,16,19-20,26-27,29-30H,6-7,9,11-13,15,18H2,1-2H3. The van der Waals surface area contributed by atoms with Crippen LogP contribution in [0.1, 0.15) is 61.3 Å². The van der Waals surface area contributed by atoms with Crippen LogP contribution < -0.4 is 14.8 Å². The first kappa shape index (κ1) is 24.7. The van der Waals surface area contributed by atoms with Crippen LogP contribution in [0.3, 0.4) is 0 Å². The Bertz CT molecular complexity index is 1140. The number of nitrogens with zero attached hydrogens (tertiary/aromatic N) is 1. The highest BCUT2D eigenvalue weighted by molar-refractivity contribution is 7.89. The molecule has 2 aromatic rings. The molecule has 2 aliphatic carbocycles. The van der Waals surface area contributed by atoms with E-state index in [1.54, 1.807) is 0 Å². The van der Waals surface area contributed by atoms with Crippen LogP contribution in [0.2, 0.25) is 0 Å². The molecule has 1 fully saturated rings. The van der Waals surface area contributed by atoms with Gasteiger partial charge < -0.3 is 10.1 Å². The van der Waals surface area contributed by atoms with Crippen molar-refractivity contribution in [2.75, 3.05) is 18.9 Å². The average molecular weight is 482 g/mol. The lowest BCUT2D eigenvalue weighted by Crippen LogP contribution is -2.42. The van der Waals surface area contributed by atoms with Crippen molar-refractivity contribution >= 4 is 10.0 Å². The van der Waals surface area contributed by atoms with Crippen LogP contribution in [0.4, 0.5) is 0 Å². The maximum absolute atomic E-state index is 12.1. The SMILES string of the molecule is CC(C)NC1CCc2ccc(OCCNS(=O)(=O)CC3CC3)cc2C1Cc1cccc(C#N)c1. The van der Waals surface area contributed by atoms with Gasteiger partial charge in [0.2, 0.25) is 10.0 Å². The second-order valence-corrected chi connectivity index (χ2v) is 11.8. The minimum Gasteiger partial charge on any atom is -0.492 e. The van der Waals surface area contributed by atoms with E-state index in [0.29, 0.717) is 30.2 Å². The normalized spacial score (nSPS) is 20.1. The zero-order chi connectivity index (χ0) is 24.1. The van der Waals surface area contributed by atoms with Crippen molar-refractivity contribution in [3.8, 4) is 11.8 Å². The first-order valence-electron chi connectivity index (χ1n) is 12.3. The molecule has 182 valence electrons. The molecule has 4 rings (SSSR count). The van der Waals surface area contributed by atoms with Crippen LogP contribution in [-0.4, -0.2) is 39.4 Å². The molecule has 6 nitrogen and oxygen atoms in total. The number of sulfonamides is 1. The molecule has 7 heteroatoms. The molecule has 2 N–H and O–H groups in total. The van der Waals surface area contributed by atoms with Gasteiger partial charge in [-0.25, -0.2) is 13.1 Å². The van der Waals surface area contributed by atoms with E-state index in [-0.39, 0.29) is 18.2 Å². The van der Waals surface area contributed by atoms with Gasteiger partial charge in [0.15, 0.2) is 0 Å². The first-order chi connectivity index (χ1) is 16.3. The van der Waals surface area contributed by atoms with Crippen molar-refractivity contribution in [1.29, 1.82) is 5.26 Å². The van der Waals surface area contributed by atoms with E-state index in [0.717, 1.165) is 43.4 Å². The van der Waals surface area contributed by atoms with Gasteiger partial charge in [0.25, 0.3) is 0 Å². The van der Waals surface area contributed by atoms with Gasteiger partial charge in [-0.3, -0.25) is 0 Å². The van der Waals surface area contributed by atoms with E-state index >= 15 is 0 Å². The average Bonchev–Trinajstić information content (AvgIpc) is 3.61. The molecule has 2 aliphatic rings. The van der Waals surface area contributed by atoms with Crippen molar-refractivity contribution in [2.24, 2.45) is 5.92 Å². The molecular formula is C27H35N3O3S. The molecule has 0 bridgehead atoms. The predicted octanol–water partition coefficient (Wildman–Crippen LogP) is 3.91. The molecule has 0 radical (unpaired) electrons. The summed E-state index contributed by atoms with van der Waals surface area (Å²) in [5.74, 6) is 1.59. The van der Waals surface area contributed by atoms with Gasteiger partial charge in [0.1, 0.15) is 12.4 Å². The monoisotopic (exact) mass is 481 g/mol. The minimum atomic E-state index is -3.22. The number of hydrogen-bond acceptors (Lipinski definition) is 5. The molecule has 2 atom stereocenters. The number of ether oxygens (including phenoxy) is 1. The molecular weight excluding hydrogens is 446 g/mol. The first-order valence-corrected chi connectivity index (χ1v) is 14.0. The summed E-state index contributed by atoms with van der Waals surface area (Å²) < 4.78 is 32.8. The highest BCUT2D eigenvalue weighted by Gasteiger charge is 2.31. The van der Waals surface area contributed by atoms with Crippen LogP contribution in [0.25, 0.3) is 0 Å². The Morgan fingerprint density at radius 1 is 1.15 bits per heavy atom. The summed E-state index contributed by atoms with van der Waals surface area (Å²) in [6.07, 6.45) is 4.95. The summed E-state index contributed by atoms with van der Waals surface area (Å²) in [4.78, 5) is 0. The molecule has 2 unspecified atom stereocenters. The number of rotatable bonds is 11. The summed E-state index contributed by atoms with van der Waals surface area (Å²) in [6.45, 7) is 4.92. The second-order valence-electron chi connectivity index (χ2n) is 9.92. The summed E-state index contributed by atoms with van der Waals surface area (Å²) in [5, 5.41) is 13.1. The van der Waals surface area contributed by atoms with Gasteiger partial charge in [0.05, 0.1) is 17.4 Å². The fraction of sp³-hybridized carbons (Fsp3) is 0.519. The summed E-state index contributed by atoms with van der Waals surface area (Å²) in [5.41, 5.74) is 4.45. The van der Waals surface area contributed by atoms with Crippen LogP contribution >= 0.6 is 0 Å². The van der Waals surface area contributed by atoms with Gasteiger partial charge in [-0.1, -0.05) is 32.0 Å². The lowest BCUT2D eigenvalue weighted by Gasteiger charge is -2.36. The molecule has 0 heterocycles. The van der Waals surface area contributed by atoms with Crippen molar-refractivity contribution < 1.29 is 13.2 Å². The Hall–Kier alpha value is -2.40. The maximum atomic E-state index is 12.1. The Morgan fingerprint density at radius 3 is 2.71 bits per heavy atom. The van der Waals surface area contributed by atoms with Gasteiger partial charge in [-0.2, -0.15) is 5.26 Å². The highest BCUT2D eigenvalue weighted by Crippen LogP contribution is 2.37. The van der Waals surface area contributed by atoms with Crippen LogP contribution in [-0.2, 0) is 22.9 Å². The van der Waals surface area contributed by atoms with Gasteiger partial charge in [-0.05, 0) is 79.0 Å². The van der Waals surface area contributed by atoms with Crippen molar-refractivity contribution in [3.63, 3.8) is 0 Å². The molecule has 1 saturated carbocycles. The van der Waals surface area contributed by atoms with Crippen LogP contribution in [0.15, 0.2) is 42.5 Å². The lowest BCUT2D eigenvalue weighted by molar-refractivity contribution is 0.319. The van der Waals surface area contributed by atoms with Crippen LogP contribution in [0, 0.1) is 17.2 Å². The van der Waals surface area contributed by atoms with Gasteiger partial charge in [-0.15, -0.1) is 0 Å². The molecule has 0 saturated heterocycles. The largest absolute Gasteiger partial charge is 0.492 e. The van der Waals surface area contributed by atoms with Gasteiger partial charge >= 0.3 is 0 Å². The topological polar surface area (TPSA) is 91.2 Å². The Balaban J connectivity index is 1.47. The van der Waals surface area contributed by atoms with Crippen molar-refractivity contribution in [2.45, 2.75) is 64.0 Å². The highest BCUT2D eigenvalue weighted by atomic mass is 32.2. The summed E-state index contributed by atoms with van der Waals surface area (Å²) in [7, 11) is -3.22. The molecule has 34 heavy (non-hydrogen) atoms. The predicted molar refractivity (Wildman–Crippen MR) is 134 cm³/mol. The third-order valence-electron chi connectivity index (χ3n) is 6.63. The minimum absolute atomic E-state index is 0.227. The third-order valence-corrected chi connectivity index (χ3v) is 8.19. The molecule has 2 aromatic carbocycles. The number of hydrogen-bond donors (Lipinski definition) is 2. The van der Waals surface area contributed by atoms with E-state index in [1.807, 2.05) is 24.3 Å². The van der Waals surface area contributed by atoms with Crippen LogP contribution in [0.5, 0.6) is 5.75 Å². The van der Waals surface area contributed by atoms with Crippen molar-refractivity contribution in [3.05, 3.63) is 64.7 Å². The molecule has 0 aromatic heterocycles.